The number of aromatic nitrogens is 2. The van der Waals surface area contributed by atoms with Crippen molar-refractivity contribution in [1.82, 2.24) is 15.1 Å². The van der Waals surface area contributed by atoms with E-state index >= 15 is 0 Å². The molecule has 0 saturated carbocycles. The number of rotatable bonds is 6. The van der Waals surface area contributed by atoms with Crippen LogP contribution < -0.4 is 0 Å². The molecule has 0 unspecified atom stereocenters. The van der Waals surface area contributed by atoms with Gasteiger partial charge in [-0.25, -0.2) is 0 Å². The summed E-state index contributed by atoms with van der Waals surface area (Å²) in [6.07, 6.45) is 2.21. The van der Waals surface area contributed by atoms with Gasteiger partial charge in [-0.3, -0.25) is 4.79 Å². The Balaban J connectivity index is 1.66. The van der Waals surface area contributed by atoms with Gasteiger partial charge in [0.25, 0.3) is 0 Å². The molecule has 1 aliphatic heterocycles. The molecule has 0 N–H and O–H groups in total. The molecule has 1 amide bonds. The van der Waals surface area contributed by atoms with Gasteiger partial charge >= 0.3 is 0 Å². The van der Waals surface area contributed by atoms with E-state index in [2.05, 4.69) is 24.0 Å². The summed E-state index contributed by atoms with van der Waals surface area (Å²) >= 11 is 2.94. The van der Waals surface area contributed by atoms with Gasteiger partial charge in [-0.1, -0.05) is 36.9 Å². The molecule has 1 aromatic rings. The van der Waals surface area contributed by atoms with Crippen LogP contribution in [0.1, 0.15) is 26.7 Å². The van der Waals surface area contributed by atoms with Gasteiger partial charge in [0, 0.05) is 19.7 Å². The van der Waals surface area contributed by atoms with Crippen LogP contribution in [-0.4, -0.2) is 52.6 Å². The Morgan fingerprint density at radius 1 is 1.55 bits per heavy atom. The molecule has 1 saturated heterocycles. The van der Waals surface area contributed by atoms with Crippen LogP contribution in [0.3, 0.4) is 0 Å². The van der Waals surface area contributed by atoms with E-state index in [1.807, 2.05) is 4.90 Å². The van der Waals surface area contributed by atoms with Gasteiger partial charge in [-0.05, 0) is 18.8 Å². The normalized spacial score (nSPS) is 16.9. The molecule has 0 aromatic carbocycles. The second-order valence-electron chi connectivity index (χ2n) is 5.30. The highest BCUT2D eigenvalue weighted by atomic mass is 32.2. The molecule has 1 aromatic heterocycles. The summed E-state index contributed by atoms with van der Waals surface area (Å²) in [5.74, 6) is 1.21. The largest absolute Gasteiger partial charge is 0.378 e. The summed E-state index contributed by atoms with van der Waals surface area (Å²) in [5.41, 5.74) is 1.68. The lowest BCUT2D eigenvalue weighted by molar-refractivity contribution is -0.131. The van der Waals surface area contributed by atoms with Gasteiger partial charge in [-0.15, -0.1) is 10.2 Å². The second kappa shape index (κ2) is 7.95. The predicted octanol–water partition coefficient (Wildman–Crippen LogP) is 2.29. The molecule has 20 heavy (non-hydrogen) atoms. The highest BCUT2D eigenvalue weighted by molar-refractivity contribution is 8.01. The quantitative estimate of drug-likeness (QED) is 0.754. The van der Waals surface area contributed by atoms with Crippen molar-refractivity contribution in [3.05, 3.63) is 5.51 Å². The summed E-state index contributed by atoms with van der Waals surface area (Å²) in [6, 6.07) is 0. The molecule has 0 atom stereocenters. The Morgan fingerprint density at radius 3 is 2.90 bits per heavy atom. The van der Waals surface area contributed by atoms with Crippen LogP contribution >= 0.6 is 23.1 Å². The summed E-state index contributed by atoms with van der Waals surface area (Å²) in [7, 11) is 0. The lowest BCUT2D eigenvalue weighted by Gasteiger charge is -2.32. The first kappa shape index (κ1) is 15.7. The molecule has 0 spiro atoms. The van der Waals surface area contributed by atoms with Crippen LogP contribution in [0.4, 0.5) is 0 Å². The van der Waals surface area contributed by atoms with Crippen molar-refractivity contribution in [3.8, 4) is 0 Å². The van der Waals surface area contributed by atoms with Crippen LogP contribution in [0.25, 0.3) is 0 Å². The summed E-state index contributed by atoms with van der Waals surface area (Å²) in [4.78, 5) is 14.0. The fourth-order valence-electron chi connectivity index (χ4n) is 2.04. The van der Waals surface area contributed by atoms with Crippen molar-refractivity contribution in [2.45, 2.75) is 37.1 Å². The Morgan fingerprint density at radius 2 is 2.30 bits per heavy atom. The van der Waals surface area contributed by atoms with E-state index in [1.54, 1.807) is 5.51 Å². The van der Waals surface area contributed by atoms with Crippen LogP contribution in [0.15, 0.2) is 9.85 Å². The lowest BCUT2D eigenvalue weighted by Crippen LogP contribution is -2.42. The maximum atomic E-state index is 12.1. The summed E-state index contributed by atoms with van der Waals surface area (Å²) in [5, 5.41) is 7.69. The van der Waals surface area contributed by atoms with Gasteiger partial charge in [0.1, 0.15) is 5.51 Å². The zero-order valence-electron chi connectivity index (χ0n) is 11.9. The Bertz CT molecular complexity index is 404. The van der Waals surface area contributed by atoms with Crippen LogP contribution in [0.5, 0.6) is 0 Å². The van der Waals surface area contributed by atoms with Gasteiger partial charge < -0.3 is 9.64 Å². The second-order valence-corrected chi connectivity index (χ2v) is 7.36. The molecular weight excluding hydrogens is 294 g/mol. The molecule has 0 bridgehead atoms. The Labute approximate surface area is 128 Å². The van der Waals surface area contributed by atoms with E-state index in [9.17, 15) is 4.79 Å². The SMILES string of the molecule is CC(C)COC1CCN(C(=O)CSc2nncs2)CC1. The van der Waals surface area contributed by atoms with E-state index in [1.165, 1.54) is 23.1 Å². The van der Waals surface area contributed by atoms with Crippen molar-refractivity contribution >= 4 is 29.0 Å². The van der Waals surface area contributed by atoms with Crippen molar-refractivity contribution < 1.29 is 9.53 Å². The van der Waals surface area contributed by atoms with E-state index in [0.717, 1.165) is 36.9 Å². The van der Waals surface area contributed by atoms with Crippen molar-refractivity contribution in [1.29, 1.82) is 0 Å². The first-order valence-corrected chi connectivity index (χ1v) is 8.80. The lowest BCUT2D eigenvalue weighted by atomic mass is 10.1. The van der Waals surface area contributed by atoms with Gasteiger partial charge in [0.05, 0.1) is 11.9 Å². The van der Waals surface area contributed by atoms with Crippen molar-refractivity contribution in [3.63, 3.8) is 0 Å². The highest BCUT2D eigenvalue weighted by Gasteiger charge is 2.23. The number of carbonyl (C=O) groups is 1. The van der Waals surface area contributed by atoms with E-state index in [4.69, 9.17) is 4.74 Å². The number of hydrogen-bond acceptors (Lipinski definition) is 6. The van der Waals surface area contributed by atoms with Crippen LogP contribution in [0.2, 0.25) is 0 Å². The third-order valence-corrected chi connectivity index (χ3v) is 4.96. The third-order valence-electron chi connectivity index (χ3n) is 3.12. The first-order chi connectivity index (χ1) is 9.65. The van der Waals surface area contributed by atoms with Crippen molar-refractivity contribution in [2.24, 2.45) is 5.92 Å². The Hall–Kier alpha value is -0.660. The Kier molecular flexibility index (Phi) is 6.25. The van der Waals surface area contributed by atoms with E-state index in [-0.39, 0.29) is 5.91 Å². The fourth-order valence-corrected chi connectivity index (χ4v) is 3.43. The minimum absolute atomic E-state index is 0.188. The topological polar surface area (TPSA) is 55.3 Å². The van der Waals surface area contributed by atoms with Gasteiger partial charge in [0.2, 0.25) is 5.91 Å². The van der Waals surface area contributed by atoms with Crippen molar-refractivity contribution in [2.75, 3.05) is 25.4 Å². The molecule has 0 radical (unpaired) electrons. The number of ether oxygens (including phenoxy) is 1. The standard InChI is InChI=1S/C13H21N3O2S2/c1-10(2)7-18-11-3-5-16(6-4-11)12(17)8-19-13-15-14-9-20-13/h9-11H,3-8H2,1-2H3. The molecule has 5 nitrogen and oxygen atoms in total. The van der Waals surface area contributed by atoms with Gasteiger partial charge in [0.15, 0.2) is 4.34 Å². The zero-order chi connectivity index (χ0) is 14.4. The van der Waals surface area contributed by atoms with E-state index < -0.39 is 0 Å². The highest BCUT2D eigenvalue weighted by Crippen LogP contribution is 2.21. The number of likely N-dealkylation sites (tertiary alicyclic amines) is 1. The number of amides is 1. The molecule has 0 aliphatic carbocycles. The van der Waals surface area contributed by atoms with Crippen LogP contribution in [-0.2, 0) is 9.53 Å². The van der Waals surface area contributed by atoms with E-state index in [0.29, 0.717) is 17.8 Å². The maximum absolute atomic E-state index is 12.1. The summed E-state index contributed by atoms with van der Waals surface area (Å²) in [6.45, 7) is 6.73. The van der Waals surface area contributed by atoms with Gasteiger partial charge in [-0.2, -0.15) is 0 Å². The smallest absolute Gasteiger partial charge is 0.233 e. The molecule has 112 valence electrons. The molecule has 1 aliphatic rings. The fraction of sp³-hybridized carbons (Fsp3) is 0.769. The number of carbonyl (C=O) groups excluding carboxylic acids is 1. The average molecular weight is 315 g/mol. The molecule has 2 rings (SSSR count). The zero-order valence-corrected chi connectivity index (χ0v) is 13.6. The monoisotopic (exact) mass is 315 g/mol. The molecule has 1 fully saturated rings. The number of nitrogens with zero attached hydrogens (tertiary/aromatic N) is 3. The summed E-state index contributed by atoms with van der Waals surface area (Å²) < 4.78 is 6.69. The average Bonchev–Trinajstić information content (AvgIpc) is 2.96. The number of thioether (sulfide) groups is 1. The third kappa shape index (κ3) is 5.03. The molecular formula is C13H21N3O2S2. The molecule has 7 heteroatoms. The molecule has 2 heterocycles. The van der Waals surface area contributed by atoms with Crippen LogP contribution in [0, 0.1) is 5.92 Å². The first-order valence-electron chi connectivity index (χ1n) is 6.93. The minimum atomic E-state index is 0.188. The number of piperidine rings is 1. The maximum Gasteiger partial charge on any atom is 0.233 e. The predicted molar refractivity (Wildman–Crippen MR) is 81.0 cm³/mol. The number of hydrogen-bond donors (Lipinski definition) is 0. The minimum Gasteiger partial charge on any atom is -0.378 e.